The summed E-state index contributed by atoms with van der Waals surface area (Å²) in [6.45, 7) is 6.89. The van der Waals surface area contributed by atoms with Crippen molar-refractivity contribution in [1.82, 2.24) is 15.4 Å². The Labute approximate surface area is 132 Å². The number of sulfonamides is 1. The molecule has 0 radical (unpaired) electrons. The normalized spacial score (nSPS) is 13.5. The summed E-state index contributed by atoms with van der Waals surface area (Å²) in [5.74, 6) is 0.617. The lowest BCUT2D eigenvalue weighted by molar-refractivity contribution is 0.588. The minimum atomic E-state index is -3.18. The minimum absolute atomic E-state index is 0.0835. The number of nitrogens with zero attached hydrogens (tertiary/aromatic N) is 1. The summed E-state index contributed by atoms with van der Waals surface area (Å²) >= 11 is 0. The third-order valence-electron chi connectivity index (χ3n) is 2.81. The van der Waals surface area contributed by atoms with E-state index in [2.05, 4.69) is 26.9 Å². The van der Waals surface area contributed by atoms with Crippen molar-refractivity contribution >= 4 is 16.0 Å². The third kappa shape index (κ3) is 7.80. The van der Waals surface area contributed by atoms with E-state index in [9.17, 15) is 8.42 Å². The van der Waals surface area contributed by atoms with Crippen molar-refractivity contribution in [2.75, 3.05) is 25.9 Å². The van der Waals surface area contributed by atoms with Crippen molar-refractivity contribution in [3.05, 3.63) is 48.6 Å². The van der Waals surface area contributed by atoms with Gasteiger partial charge in [0.2, 0.25) is 10.0 Å². The van der Waals surface area contributed by atoms with E-state index in [4.69, 9.17) is 0 Å². The second-order valence-corrected chi connectivity index (χ2v) is 6.68. The van der Waals surface area contributed by atoms with Crippen LogP contribution < -0.4 is 15.4 Å². The fourth-order valence-electron chi connectivity index (χ4n) is 1.75. The second kappa shape index (κ2) is 9.22. The lowest BCUT2D eigenvalue weighted by Crippen LogP contribution is -2.39. The highest BCUT2D eigenvalue weighted by Gasteiger charge is 2.07. The first-order chi connectivity index (χ1) is 10.4. The predicted octanol–water partition coefficient (Wildman–Crippen LogP) is 1.02. The maximum absolute atomic E-state index is 11.0. The Kier molecular flexibility index (Phi) is 7.62. The molecule has 1 aromatic carbocycles. The van der Waals surface area contributed by atoms with Crippen LogP contribution >= 0.6 is 0 Å². The Bertz CT molecular complexity index is 585. The lowest BCUT2D eigenvalue weighted by atomic mass is 10.1. The Balaban J connectivity index is 2.61. The fraction of sp³-hybridized carbons (Fsp3) is 0.400. The standard InChI is InChI=1S/C15H24N4O2S/c1-4-10-16-15(17-11-12-18-22(3,20)21)19-13(2)14-8-6-5-7-9-14/h4-9,13,18H,1,10-12H2,2-3H3,(H2,16,17,19). The molecule has 0 aliphatic heterocycles. The number of guanidine groups is 1. The molecule has 6 nitrogen and oxygen atoms in total. The van der Waals surface area contributed by atoms with Crippen molar-refractivity contribution in [1.29, 1.82) is 0 Å². The molecule has 0 spiro atoms. The van der Waals surface area contributed by atoms with E-state index in [-0.39, 0.29) is 12.6 Å². The van der Waals surface area contributed by atoms with Crippen LogP contribution in [-0.2, 0) is 10.0 Å². The van der Waals surface area contributed by atoms with Gasteiger partial charge in [-0.2, -0.15) is 0 Å². The molecule has 1 aromatic rings. The maximum atomic E-state index is 11.0. The van der Waals surface area contributed by atoms with E-state index in [0.717, 1.165) is 11.8 Å². The molecule has 22 heavy (non-hydrogen) atoms. The van der Waals surface area contributed by atoms with Crippen LogP contribution in [-0.4, -0.2) is 40.3 Å². The van der Waals surface area contributed by atoms with E-state index in [1.807, 2.05) is 37.3 Å². The molecular formula is C15H24N4O2S. The molecule has 0 bridgehead atoms. The van der Waals surface area contributed by atoms with Crippen molar-refractivity contribution in [2.24, 2.45) is 4.99 Å². The Morgan fingerprint density at radius 2 is 2.05 bits per heavy atom. The zero-order valence-corrected chi connectivity index (χ0v) is 13.9. The molecular weight excluding hydrogens is 300 g/mol. The molecule has 0 heterocycles. The molecule has 0 saturated carbocycles. The quantitative estimate of drug-likeness (QED) is 0.288. The molecule has 0 saturated heterocycles. The summed E-state index contributed by atoms with van der Waals surface area (Å²) in [7, 11) is -3.18. The molecule has 0 aromatic heterocycles. The van der Waals surface area contributed by atoms with Crippen LogP contribution in [0, 0.1) is 0 Å². The summed E-state index contributed by atoms with van der Waals surface area (Å²) in [5.41, 5.74) is 1.14. The molecule has 0 aliphatic carbocycles. The van der Waals surface area contributed by atoms with E-state index in [1.165, 1.54) is 0 Å². The highest BCUT2D eigenvalue weighted by Crippen LogP contribution is 2.10. The van der Waals surface area contributed by atoms with Crippen LogP contribution in [0.2, 0.25) is 0 Å². The molecule has 1 atom stereocenters. The van der Waals surface area contributed by atoms with Crippen LogP contribution in [0.15, 0.2) is 48.0 Å². The van der Waals surface area contributed by atoms with Crippen molar-refractivity contribution in [3.63, 3.8) is 0 Å². The van der Waals surface area contributed by atoms with Crippen LogP contribution in [0.1, 0.15) is 18.5 Å². The molecule has 0 amide bonds. The Morgan fingerprint density at radius 1 is 1.36 bits per heavy atom. The fourth-order valence-corrected chi connectivity index (χ4v) is 2.21. The van der Waals surface area contributed by atoms with Gasteiger partial charge in [0.15, 0.2) is 5.96 Å². The van der Waals surface area contributed by atoms with Gasteiger partial charge in [0, 0.05) is 13.1 Å². The summed E-state index contributed by atoms with van der Waals surface area (Å²) in [5, 5.41) is 6.39. The van der Waals surface area contributed by atoms with Gasteiger partial charge in [-0.3, -0.25) is 4.99 Å². The second-order valence-electron chi connectivity index (χ2n) is 4.84. The average Bonchev–Trinajstić information content (AvgIpc) is 2.48. The van der Waals surface area contributed by atoms with Crippen LogP contribution in [0.4, 0.5) is 0 Å². The number of nitrogens with one attached hydrogen (secondary N) is 3. The molecule has 1 rings (SSSR count). The first kappa shape index (κ1) is 18.2. The highest BCUT2D eigenvalue weighted by atomic mass is 32.2. The molecule has 3 N–H and O–H groups in total. The smallest absolute Gasteiger partial charge is 0.208 e. The molecule has 7 heteroatoms. The van der Waals surface area contributed by atoms with E-state index in [1.54, 1.807) is 6.08 Å². The van der Waals surface area contributed by atoms with Crippen LogP contribution in [0.25, 0.3) is 0 Å². The van der Waals surface area contributed by atoms with Crippen molar-refractivity contribution in [3.8, 4) is 0 Å². The monoisotopic (exact) mass is 324 g/mol. The largest absolute Gasteiger partial charge is 0.353 e. The number of hydrogen-bond donors (Lipinski definition) is 3. The lowest BCUT2D eigenvalue weighted by Gasteiger charge is -2.18. The topological polar surface area (TPSA) is 82.6 Å². The summed E-state index contributed by atoms with van der Waals surface area (Å²) < 4.78 is 24.4. The number of rotatable bonds is 8. The maximum Gasteiger partial charge on any atom is 0.208 e. The van der Waals surface area contributed by atoms with Gasteiger partial charge in [0.25, 0.3) is 0 Å². The minimum Gasteiger partial charge on any atom is -0.353 e. The van der Waals surface area contributed by atoms with E-state index in [0.29, 0.717) is 19.0 Å². The van der Waals surface area contributed by atoms with E-state index >= 15 is 0 Å². The van der Waals surface area contributed by atoms with Gasteiger partial charge in [-0.15, -0.1) is 6.58 Å². The summed E-state index contributed by atoms with van der Waals surface area (Å²) in [6.07, 6.45) is 2.86. The zero-order valence-electron chi connectivity index (χ0n) is 13.0. The first-order valence-corrected chi connectivity index (χ1v) is 8.97. The van der Waals surface area contributed by atoms with Gasteiger partial charge < -0.3 is 10.6 Å². The Hall–Kier alpha value is -1.86. The zero-order chi connectivity index (χ0) is 16.4. The van der Waals surface area contributed by atoms with Gasteiger partial charge in [-0.1, -0.05) is 36.4 Å². The SMILES string of the molecule is C=CCNC(=NCCNS(C)(=O)=O)NC(C)c1ccccc1. The summed E-state index contributed by atoms with van der Waals surface area (Å²) in [6, 6.07) is 10.1. The summed E-state index contributed by atoms with van der Waals surface area (Å²) in [4.78, 5) is 4.35. The van der Waals surface area contributed by atoms with Crippen molar-refractivity contribution < 1.29 is 8.42 Å². The van der Waals surface area contributed by atoms with Crippen LogP contribution in [0.5, 0.6) is 0 Å². The van der Waals surface area contributed by atoms with Crippen LogP contribution in [0.3, 0.4) is 0 Å². The average molecular weight is 324 g/mol. The number of aliphatic imine (C=N–C) groups is 1. The Morgan fingerprint density at radius 3 is 2.64 bits per heavy atom. The number of benzene rings is 1. The molecule has 0 fully saturated rings. The van der Waals surface area contributed by atoms with E-state index < -0.39 is 10.0 Å². The van der Waals surface area contributed by atoms with Gasteiger partial charge in [0.05, 0.1) is 18.8 Å². The van der Waals surface area contributed by atoms with Crippen molar-refractivity contribution in [2.45, 2.75) is 13.0 Å². The first-order valence-electron chi connectivity index (χ1n) is 7.07. The van der Waals surface area contributed by atoms with Gasteiger partial charge in [-0.25, -0.2) is 13.1 Å². The van der Waals surface area contributed by atoms with Gasteiger partial charge in [0.1, 0.15) is 0 Å². The number of hydrogen-bond acceptors (Lipinski definition) is 3. The highest BCUT2D eigenvalue weighted by molar-refractivity contribution is 7.88. The molecule has 0 aliphatic rings. The third-order valence-corrected chi connectivity index (χ3v) is 3.54. The molecule has 122 valence electrons. The van der Waals surface area contributed by atoms with Gasteiger partial charge >= 0.3 is 0 Å². The van der Waals surface area contributed by atoms with Gasteiger partial charge in [-0.05, 0) is 12.5 Å². The molecule has 1 unspecified atom stereocenters. The predicted molar refractivity (Wildman–Crippen MR) is 91.3 cm³/mol.